The summed E-state index contributed by atoms with van der Waals surface area (Å²) in [6.45, 7) is 7.74. The Balaban J connectivity index is 4.23. The standard InChI is InChI=1S/C55H100O5/c1-4-7-10-13-16-19-22-25-26-27-28-29-30-32-33-36-39-42-45-48-54(56)59-52-53(51-58-50-47-44-41-38-35-24-21-18-15-12-9-6-3)60-55(57)49-46-43-40-37-34-31-23-20-17-14-11-8-5-2/h7,10,16,19,25-26,28-29,53H,4-6,8-9,11-15,17-18,20-24,27,30-52H2,1-3H3/b10-7-,19-16-,26-25-,29-28-. The Hall–Kier alpha value is -2.14. The Labute approximate surface area is 373 Å². The zero-order valence-electron chi connectivity index (χ0n) is 40.2. The second-order valence-electron chi connectivity index (χ2n) is 17.4. The molecule has 60 heavy (non-hydrogen) atoms. The first kappa shape index (κ1) is 57.9. The van der Waals surface area contributed by atoms with Crippen LogP contribution in [-0.4, -0.2) is 37.9 Å². The van der Waals surface area contributed by atoms with Crippen molar-refractivity contribution < 1.29 is 23.8 Å². The van der Waals surface area contributed by atoms with Gasteiger partial charge >= 0.3 is 11.9 Å². The average molecular weight is 841 g/mol. The first-order valence-corrected chi connectivity index (χ1v) is 26.2. The number of ether oxygens (including phenoxy) is 3. The van der Waals surface area contributed by atoms with Crippen molar-refractivity contribution in [3.63, 3.8) is 0 Å². The molecule has 0 radical (unpaired) electrons. The smallest absolute Gasteiger partial charge is 0.306 e. The third-order valence-electron chi connectivity index (χ3n) is 11.4. The van der Waals surface area contributed by atoms with Crippen molar-refractivity contribution in [2.75, 3.05) is 19.8 Å². The predicted molar refractivity (Wildman–Crippen MR) is 261 cm³/mol. The normalized spacial score (nSPS) is 12.5. The third-order valence-corrected chi connectivity index (χ3v) is 11.4. The number of hydrogen-bond acceptors (Lipinski definition) is 5. The summed E-state index contributed by atoms with van der Waals surface area (Å²) >= 11 is 0. The van der Waals surface area contributed by atoms with Crippen LogP contribution in [0, 0.1) is 0 Å². The van der Waals surface area contributed by atoms with Crippen molar-refractivity contribution in [3.05, 3.63) is 48.6 Å². The van der Waals surface area contributed by atoms with Gasteiger partial charge in [0.2, 0.25) is 0 Å². The Kier molecular flexibility index (Phi) is 49.4. The molecule has 0 aliphatic carbocycles. The highest BCUT2D eigenvalue weighted by molar-refractivity contribution is 5.70. The fourth-order valence-corrected chi connectivity index (χ4v) is 7.50. The largest absolute Gasteiger partial charge is 0.462 e. The monoisotopic (exact) mass is 841 g/mol. The van der Waals surface area contributed by atoms with Crippen LogP contribution in [-0.2, 0) is 23.8 Å². The first-order valence-electron chi connectivity index (χ1n) is 26.2. The van der Waals surface area contributed by atoms with E-state index in [1.54, 1.807) is 0 Å². The maximum atomic E-state index is 12.8. The minimum absolute atomic E-state index is 0.0823. The molecule has 0 bridgehead atoms. The Morgan fingerprint density at radius 2 is 0.750 bits per heavy atom. The molecule has 0 amide bonds. The van der Waals surface area contributed by atoms with Gasteiger partial charge in [0.05, 0.1) is 6.61 Å². The number of rotatable bonds is 48. The molecule has 0 heterocycles. The molecule has 0 aromatic heterocycles. The van der Waals surface area contributed by atoms with Crippen molar-refractivity contribution in [3.8, 4) is 0 Å². The number of carbonyl (C=O) groups is 2. The molecule has 0 saturated heterocycles. The van der Waals surface area contributed by atoms with Gasteiger partial charge in [0, 0.05) is 19.4 Å². The quantitative estimate of drug-likeness (QED) is 0.0347. The summed E-state index contributed by atoms with van der Waals surface area (Å²) in [4.78, 5) is 25.4. The third kappa shape index (κ3) is 48.5. The molecule has 0 aliphatic rings. The Morgan fingerprint density at radius 1 is 0.383 bits per heavy atom. The van der Waals surface area contributed by atoms with E-state index in [0.717, 1.165) is 70.6 Å². The van der Waals surface area contributed by atoms with E-state index in [0.29, 0.717) is 19.4 Å². The number of esters is 2. The molecule has 0 aromatic rings. The van der Waals surface area contributed by atoms with E-state index in [-0.39, 0.29) is 25.2 Å². The van der Waals surface area contributed by atoms with Gasteiger partial charge in [0.25, 0.3) is 0 Å². The Morgan fingerprint density at radius 3 is 1.20 bits per heavy atom. The lowest BCUT2D eigenvalue weighted by molar-refractivity contribution is -0.163. The molecule has 5 nitrogen and oxygen atoms in total. The molecule has 0 fully saturated rings. The van der Waals surface area contributed by atoms with Crippen molar-refractivity contribution in [1.29, 1.82) is 0 Å². The van der Waals surface area contributed by atoms with E-state index < -0.39 is 6.10 Å². The predicted octanol–water partition coefficient (Wildman–Crippen LogP) is 17.6. The molecule has 1 unspecified atom stereocenters. The van der Waals surface area contributed by atoms with Gasteiger partial charge in [-0.25, -0.2) is 0 Å². The fourth-order valence-electron chi connectivity index (χ4n) is 7.50. The molecular formula is C55H100O5. The molecule has 0 aromatic carbocycles. The van der Waals surface area contributed by atoms with Crippen LogP contribution in [0.15, 0.2) is 48.6 Å². The summed E-state index contributed by atoms with van der Waals surface area (Å²) in [5, 5.41) is 0. The van der Waals surface area contributed by atoms with Crippen molar-refractivity contribution in [2.24, 2.45) is 0 Å². The molecule has 0 rings (SSSR count). The second kappa shape index (κ2) is 51.2. The SMILES string of the molecule is CC/C=C\C/C=C\C/C=C\C/C=C\CCCCCCCCC(=O)OCC(COCCCCCCCCCCCCCC)OC(=O)CCCCCCCCCCCCCCC. The van der Waals surface area contributed by atoms with Gasteiger partial charge in [0.1, 0.15) is 6.61 Å². The van der Waals surface area contributed by atoms with E-state index >= 15 is 0 Å². The first-order chi connectivity index (χ1) is 29.6. The van der Waals surface area contributed by atoms with Gasteiger partial charge in [-0.3, -0.25) is 9.59 Å². The molecule has 350 valence electrons. The number of hydrogen-bond donors (Lipinski definition) is 0. The van der Waals surface area contributed by atoms with Crippen LogP contribution < -0.4 is 0 Å². The van der Waals surface area contributed by atoms with E-state index in [2.05, 4.69) is 69.4 Å². The zero-order chi connectivity index (χ0) is 43.5. The summed E-state index contributed by atoms with van der Waals surface area (Å²) in [5.74, 6) is -0.400. The van der Waals surface area contributed by atoms with Crippen LogP contribution in [0.4, 0.5) is 0 Å². The average Bonchev–Trinajstić information content (AvgIpc) is 3.25. The summed E-state index contributed by atoms with van der Waals surface area (Å²) in [7, 11) is 0. The molecule has 0 saturated carbocycles. The highest BCUT2D eigenvalue weighted by atomic mass is 16.6. The molecule has 0 spiro atoms. The highest BCUT2D eigenvalue weighted by Gasteiger charge is 2.17. The fraction of sp³-hybridized carbons (Fsp3) is 0.818. The molecular weight excluding hydrogens is 741 g/mol. The Bertz CT molecular complexity index is 997. The molecule has 0 N–H and O–H groups in total. The van der Waals surface area contributed by atoms with Gasteiger partial charge in [-0.2, -0.15) is 0 Å². The number of allylic oxidation sites excluding steroid dienone is 8. The van der Waals surface area contributed by atoms with Crippen LogP contribution >= 0.6 is 0 Å². The number of carbonyl (C=O) groups excluding carboxylic acids is 2. The van der Waals surface area contributed by atoms with Gasteiger partial charge < -0.3 is 14.2 Å². The van der Waals surface area contributed by atoms with Crippen molar-refractivity contribution >= 4 is 11.9 Å². The van der Waals surface area contributed by atoms with E-state index in [4.69, 9.17) is 14.2 Å². The van der Waals surface area contributed by atoms with Crippen molar-refractivity contribution in [2.45, 2.75) is 271 Å². The topological polar surface area (TPSA) is 61.8 Å². The molecule has 0 aliphatic heterocycles. The maximum absolute atomic E-state index is 12.8. The summed E-state index contributed by atoms with van der Waals surface area (Å²) < 4.78 is 17.4. The van der Waals surface area contributed by atoms with Crippen LogP contribution in [0.3, 0.4) is 0 Å². The van der Waals surface area contributed by atoms with E-state index in [9.17, 15) is 9.59 Å². The lowest BCUT2D eigenvalue weighted by atomic mass is 10.0. The van der Waals surface area contributed by atoms with Gasteiger partial charge in [0.15, 0.2) is 6.10 Å². The lowest BCUT2D eigenvalue weighted by Crippen LogP contribution is -2.30. The molecule has 5 heteroatoms. The highest BCUT2D eigenvalue weighted by Crippen LogP contribution is 2.15. The van der Waals surface area contributed by atoms with Crippen LogP contribution in [0.1, 0.15) is 265 Å². The summed E-state index contributed by atoms with van der Waals surface area (Å²) in [6.07, 6.45) is 62.5. The van der Waals surface area contributed by atoms with Gasteiger partial charge in [-0.15, -0.1) is 0 Å². The second-order valence-corrected chi connectivity index (χ2v) is 17.4. The summed E-state index contributed by atoms with van der Waals surface area (Å²) in [5.41, 5.74) is 0. The van der Waals surface area contributed by atoms with E-state index in [1.165, 1.54) is 161 Å². The van der Waals surface area contributed by atoms with Crippen LogP contribution in [0.2, 0.25) is 0 Å². The lowest BCUT2D eigenvalue weighted by Gasteiger charge is -2.18. The number of unbranched alkanes of at least 4 members (excludes halogenated alkanes) is 29. The van der Waals surface area contributed by atoms with Crippen LogP contribution in [0.5, 0.6) is 0 Å². The zero-order valence-corrected chi connectivity index (χ0v) is 40.2. The minimum atomic E-state index is -0.536. The van der Waals surface area contributed by atoms with Gasteiger partial charge in [-0.05, 0) is 57.8 Å². The van der Waals surface area contributed by atoms with Crippen molar-refractivity contribution in [1.82, 2.24) is 0 Å². The molecule has 1 atom stereocenters. The van der Waals surface area contributed by atoms with Gasteiger partial charge in [-0.1, -0.05) is 243 Å². The minimum Gasteiger partial charge on any atom is -0.462 e. The summed E-state index contributed by atoms with van der Waals surface area (Å²) in [6, 6.07) is 0. The maximum Gasteiger partial charge on any atom is 0.306 e. The van der Waals surface area contributed by atoms with E-state index in [1.807, 2.05) is 0 Å². The van der Waals surface area contributed by atoms with Crippen LogP contribution in [0.25, 0.3) is 0 Å².